The maximum absolute atomic E-state index is 12.5. The van der Waals surface area contributed by atoms with Crippen LogP contribution in [0, 0.1) is 0 Å². The molecule has 1 unspecified atom stereocenters. The Balaban J connectivity index is 1.55. The highest BCUT2D eigenvalue weighted by molar-refractivity contribution is 7.93. The number of carbonyl (C=O) groups excluding carboxylic acids is 1. The highest BCUT2D eigenvalue weighted by atomic mass is 32.2. The monoisotopic (exact) mass is 458 g/mol. The van der Waals surface area contributed by atoms with E-state index in [0.717, 1.165) is 37.9 Å². The van der Waals surface area contributed by atoms with E-state index in [-0.39, 0.29) is 6.54 Å². The average Bonchev–Trinajstić information content (AvgIpc) is 2.67. The third kappa shape index (κ3) is 6.85. The van der Waals surface area contributed by atoms with E-state index in [9.17, 15) is 21.6 Å². The van der Waals surface area contributed by atoms with Crippen LogP contribution in [0.2, 0.25) is 0 Å². The normalized spacial score (nSPS) is 20.8. The topological polar surface area (TPSA) is 116 Å². The number of hydrogen-bond acceptors (Lipinski definition) is 6. The molecule has 2 saturated heterocycles. The number of nitrogens with one attached hydrogen (secondary N) is 2. The molecule has 1 aromatic rings. The summed E-state index contributed by atoms with van der Waals surface area (Å²) in [6, 6.07) is 6.79. The number of rotatable bonds is 7. The lowest BCUT2D eigenvalue weighted by Crippen LogP contribution is -2.50. The summed E-state index contributed by atoms with van der Waals surface area (Å²) < 4.78 is 52.7. The van der Waals surface area contributed by atoms with Crippen molar-refractivity contribution in [3.05, 3.63) is 24.3 Å². The SMILES string of the molecule is CS(=O)(=O)NC1CCCN(C(=O)CS(=O)(=O)Nc2ccc(N3CCCCC3)cc2)C1. The van der Waals surface area contributed by atoms with Crippen molar-refractivity contribution >= 4 is 37.3 Å². The third-order valence-corrected chi connectivity index (χ3v) is 7.27. The minimum absolute atomic E-state index is 0.173. The van der Waals surface area contributed by atoms with Gasteiger partial charge in [0.05, 0.1) is 6.26 Å². The summed E-state index contributed by atoms with van der Waals surface area (Å²) in [5.41, 5.74) is 1.48. The minimum Gasteiger partial charge on any atom is -0.372 e. The van der Waals surface area contributed by atoms with Crippen molar-refractivity contribution in [3.8, 4) is 0 Å². The smallest absolute Gasteiger partial charge is 0.241 e. The Morgan fingerprint density at radius 2 is 1.67 bits per heavy atom. The van der Waals surface area contributed by atoms with Gasteiger partial charge in [0.1, 0.15) is 5.75 Å². The molecular formula is C19H30N4O5S2. The zero-order chi connectivity index (χ0) is 21.8. The molecule has 2 fully saturated rings. The highest BCUT2D eigenvalue weighted by Crippen LogP contribution is 2.22. The predicted molar refractivity (Wildman–Crippen MR) is 117 cm³/mol. The summed E-state index contributed by atoms with van der Waals surface area (Å²) in [5.74, 6) is -1.21. The summed E-state index contributed by atoms with van der Waals surface area (Å²) in [7, 11) is -7.25. The number of hydrogen-bond donors (Lipinski definition) is 2. The Labute approximate surface area is 178 Å². The fraction of sp³-hybridized carbons (Fsp3) is 0.632. The number of sulfonamides is 2. The van der Waals surface area contributed by atoms with Gasteiger partial charge in [-0.05, 0) is 56.4 Å². The average molecular weight is 459 g/mol. The fourth-order valence-corrected chi connectivity index (χ4v) is 5.84. The Morgan fingerprint density at radius 1 is 1.00 bits per heavy atom. The number of likely N-dealkylation sites (tertiary alicyclic amines) is 1. The van der Waals surface area contributed by atoms with Crippen molar-refractivity contribution < 1.29 is 21.6 Å². The molecule has 0 bridgehead atoms. The standard InChI is InChI=1S/C19H30N4O5S2/c1-29(25,26)20-17-6-5-13-23(14-17)19(24)15-30(27,28)21-16-7-9-18(10-8-16)22-11-3-2-4-12-22/h7-10,17,20-21H,2-6,11-15H2,1H3. The van der Waals surface area contributed by atoms with Crippen LogP contribution >= 0.6 is 0 Å². The Kier molecular flexibility index (Phi) is 7.25. The summed E-state index contributed by atoms with van der Waals surface area (Å²) in [6.07, 6.45) is 5.86. The lowest BCUT2D eigenvalue weighted by Gasteiger charge is -2.32. The lowest BCUT2D eigenvalue weighted by atomic mass is 10.1. The largest absolute Gasteiger partial charge is 0.372 e. The molecular weight excluding hydrogens is 428 g/mol. The van der Waals surface area contributed by atoms with Crippen molar-refractivity contribution in [2.75, 3.05) is 47.8 Å². The van der Waals surface area contributed by atoms with Crippen LogP contribution in [-0.2, 0) is 24.8 Å². The maximum Gasteiger partial charge on any atom is 0.241 e. The molecule has 0 aromatic heterocycles. The number of amides is 1. The van der Waals surface area contributed by atoms with E-state index in [1.54, 1.807) is 12.1 Å². The first kappa shape index (κ1) is 22.8. The third-order valence-electron chi connectivity index (χ3n) is 5.33. The molecule has 3 rings (SSSR count). The van der Waals surface area contributed by atoms with Crippen LogP contribution in [0.25, 0.3) is 0 Å². The van der Waals surface area contributed by atoms with Crippen molar-refractivity contribution in [2.24, 2.45) is 0 Å². The Morgan fingerprint density at radius 3 is 2.30 bits per heavy atom. The number of nitrogens with zero attached hydrogens (tertiary/aromatic N) is 2. The second-order valence-corrected chi connectivity index (χ2v) is 11.5. The number of benzene rings is 1. The first-order valence-corrected chi connectivity index (χ1v) is 13.8. The van der Waals surface area contributed by atoms with Gasteiger partial charge in [-0.3, -0.25) is 9.52 Å². The quantitative estimate of drug-likeness (QED) is 0.629. The molecule has 0 radical (unpaired) electrons. The van der Waals surface area contributed by atoms with E-state index in [0.29, 0.717) is 25.1 Å². The molecule has 11 heteroatoms. The lowest BCUT2D eigenvalue weighted by molar-refractivity contribution is -0.129. The summed E-state index contributed by atoms with van der Waals surface area (Å²) in [4.78, 5) is 16.2. The molecule has 1 amide bonds. The highest BCUT2D eigenvalue weighted by Gasteiger charge is 2.28. The van der Waals surface area contributed by atoms with Crippen LogP contribution in [0.4, 0.5) is 11.4 Å². The van der Waals surface area contributed by atoms with Gasteiger partial charge in [0, 0.05) is 43.6 Å². The van der Waals surface area contributed by atoms with Crippen LogP contribution in [0.3, 0.4) is 0 Å². The van der Waals surface area contributed by atoms with Crippen LogP contribution < -0.4 is 14.3 Å². The molecule has 30 heavy (non-hydrogen) atoms. The van der Waals surface area contributed by atoms with Crippen LogP contribution in [0.15, 0.2) is 24.3 Å². The second-order valence-electron chi connectivity index (χ2n) is 8.02. The molecule has 0 saturated carbocycles. The maximum atomic E-state index is 12.5. The van der Waals surface area contributed by atoms with Gasteiger partial charge in [0.2, 0.25) is 26.0 Å². The predicted octanol–water partition coefficient (Wildman–Crippen LogP) is 0.959. The van der Waals surface area contributed by atoms with Gasteiger partial charge in [-0.25, -0.2) is 21.6 Å². The molecule has 1 aromatic carbocycles. The summed E-state index contributed by atoms with van der Waals surface area (Å²) in [6.45, 7) is 2.60. The van der Waals surface area contributed by atoms with Gasteiger partial charge in [0.25, 0.3) is 0 Å². The molecule has 1 atom stereocenters. The van der Waals surface area contributed by atoms with Crippen molar-refractivity contribution in [1.29, 1.82) is 0 Å². The van der Waals surface area contributed by atoms with E-state index in [4.69, 9.17) is 0 Å². The van der Waals surface area contributed by atoms with E-state index in [1.165, 1.54) is 11.3 Å². The van der Waals surface area contributed by atoms with Gasteiger partial charge in [0.15, 0.2) is 0 Å². The molecule has 2 aliphatic heterocycles. The minimum atomic E-state index is -3.87. The van der Waals surface area contributed by atoms with E-state index in [2.05, 4.69) is 14.3 Å². The summed E-state index contributed by atoms with van der Waals surface area (Å²) in [5, 5.41) is 0. The number of piperidine rings is 2. The molecule has 0 aliphatic carbocycles. The first-order chi connectivity index (χ1) is 14.1. The number of carbonyl (C=O) groups is 1. The zero-order valence-electron chi connectivity index (χ0n) is 17.2. The molecule has 2 heterocycles. The zero-order valence-corrected chi connectivity index (χ0v) is 18.8. The molecule has 2 aliphatic rings. The van der Waals surface area contributed by atoms with Crippen molar-refractivity contribution in [2.45, 2.75) is 38.1 Å². The first-order valence-electron chi connectivity index (χ1n) is 10.2. The Bertz CT molecular complexity index is 942. The Hall–Kier alpha value is -1.85. The van der Waals surface area contributed by atoms with Crippen molar-refractivity contribution in [1.82, 2.24) is 9.62 Å². The molecule has 168 valence electrons. The number of anilines is 2. The van der Waals surface area contributed by atoms with Gasteiger partial charge in [-0.15, -0.1) is 0 Å². The van der Waals surface area contributed by atoms with E-state index >= 15 is 0 Å². The molecule has 0 spiro atoms. The second kappa shape index (κ2) is 9.52. The van der Waals surface area contributed by atoms with Gasteiger partial charge < -0.3 is 9.80 Å². The van der Waals surface area contributed by atoms with Crippen LogP contribution in [-0.4, -0.2) is 71.9 Å². The van der Waals surface area contributed by atoms with E-state index in [1.807, 2.05) is 12.1 Å². The summed E-state index contributed by atoms with van der Waals surface area (Å²) >= 11 is 0. The van der Waals surface area contributed by atoms with Crippen molar-refractivity contribution in [3.63, 3.8) is 0 Å². The van der Waals surface area contributed by atoms with Gasteiger partial charge in [-0.2, -0.15) is 0 Å². The van der Waals surface area contributed by atoms with Crippen LogP contribution in [0.5, 0.6) is 0 Å². The molecule has 2 N–H and O–H groups in total. The van der Waals surface area contributed by atoms with E-state index < -0.39 is 37.7 Å². The fourth-order valence-electron chi connectivity index (χ4n) is 3.96. The molecule has 9 nitrogen and oxygen atoms in total. The van der Waals surface area contributed by atoms with Gasteiger partial charge >= 0.3 is 0 Å². The van der Waals surface area contributed by atoms with Crippen LogP contribution in [0.1, 0.15) is 32.1 Å². The van der Waals surface area contributed by atoms with Gasteiger partial charge in [-0.1, -0.05) is 0 Å².